The number of hydrogen-bond acceptors (Lipinski definition) is 1. The summed E-state index contributed by atoms with van der Waals surface area (Å²) in [5, 5.41) is 17.9. The van der Waals surface area contributed by atoms with Crippen LogP contribution in [-0.4, -0.2) is 0 Å². The largest absolute Gasteiger partial charge is 0.310 e. The Balaban J connectivity index is 1.02. The summed E-state index contributed by atoms with van der Waals surface area (Å²) in [7, 11) is 0. The van der Waals surface area contributed by atoms with Crippen molar-refractivity contribution in [3.8, 4) is 22.3 Å². The minimum Gasteiger partial charge on any atom is -0.310 e. The Hall–Kier alpha value is -7.74. The predicted molar refractivity (Wildman–Crippen MR) is 255 cm³/mol. The summed E-state index contributed by atoms with van der Waals surface area (Å²) < 4.78 is 0. The number of rotatable bonds is 5. The average Bonchev–Trinajstić information content (AvgIpc) is 3.32. The summed E-state index contributed by atoms with van der Waals surface area (Å²) in [6.07, 6.45) is 0. The highest BCUT2D eigenvalue weighted by Crippen LogP contribution is 2.45. The molecule has 1 nitrogen and oxygen atoms in total. The van der Waals surface area contributed by atoms with Crippen LogP contribution in [0, 0.1) is 0 Å². The lowest BCUT2D eigenvalue weighted by Gasteiger charge is -2.27. The Bertz CT molecular complexity index is 3300. The van der Waals surface area contributed by atoms with E-state index >= 15 is 0 Å². The number of fused-ring (bicyclic) bond motifs is 13. The molecule has 12 rings (SSSR count). The van der Waals surface area contributed by atoms with Crippen LogP contribution in [0.4, 0.5) is 17.1 Å². The van der Waals surface area contributed by atoms with E-state index < -0.39 is 0 Å². The van der Waals surface area contributed by atoms with Gasteiger partial charge in [-0.1, -0.05) is 194 Å². The molecule has 0 saturated heterocycles. The molecule has 0 amide bonds. The first-order chi connectivity index (χ1) is 29.3. The summed E-state index contributed by atoms with van der Waals surface area (Å²) in [6.45, 7) is 0. The van der Waals surface area contributed by atoms with Crippen molar-refractivity contribution in [2.45, 2.75) is 0 Å². The van der Waals surface area contributed by atoms with Crippen molar-refractivity contribution in [1.29, 1.82) is 0 Å². The van der Waals surface area contributed by atoms with E-state index in [1.165, 1.54) is 97.7 Å². The summed E-state index contributed by atoms with van der Waals surface area (Å²) in [6, 6.07) is 82.5. The third-order valence-corrected chi connectivity index (χ3v) is 12.4. The van der Waals surface area contributed by atoms with Crippen LogP contribution >= 0.6 is 0 Å². The van der Waals surface area contributed by atoms with Crippen LogP contribution in [0.5, 0.6) is 0 Å². The van der Waals surface area contributed by atoms with Crippen molar-refractivity contribution < 1.29 is 0 Å². The van der Waals surface area contributed by atoms with Gasteiger partial charge in [-0.2, -0.15) is 0 Å². The monoisotopic (exact) mass is 747 g/mol. The lowest BCUT2D eigenvalue weighted by atomic mass is 9.89. The zero-order chi connectivity index (χ0) is 38.9. The number of anilines is 3. The molecule has 0 heterocycles. The average molecular weight is 748 g/mol. The second-order valence-corrected chi connectivity index (χ2v) is 15.6. The number of benzene rings is 12. The molecule has 0 aromatic heterocycles. The topological polar surface area (TPSA) is 3.24 Å². The maximum Gasteiger partial charge on any atom is 0.0540 e. The molecule has 0 radical (unpaired) electrons. The van der Waals surface area contributed by atoms with Gasteiger partial charge in [0.05, 0.1) is 5.69 Å². The second kappa shape index (κ2) is 13.4. The van der Waals surface area contributed by atoms with Gasteiger partial charge in [0.25, 0.3) is 0 Å². The zero-order valence-corrected chi connectivity index (χ0v) is 32.3. The van der Waals surface area contributed by atoms with Gasteiger partial charge in [0.1, 0.15) is 0 Å². The minimum absolute atomic E-state index is 1.11. The highest BCUT2D eigenvalue weighted by molar-refractivity contribution is 6.29. The van der Waals surface area contributed by atoms with Gasteiger partial charge in [0, 0.05) is 16.8 Å². The van der Waals surface area contributed by atoms with Crippen molar-refractivity contribution in [1.82, 2.24) is 0 Å². The fourth-order valence-electron chi connectivity index (χ4n) is 9.80. The van der Waals surface area contributed by atoms with E-state index in [9.17, 15) is 0 Å². The molecule has 0 aliphatic rings. The molecular weight excluding hydrogens is 711 g/mol. The van der Waals surface area contributed by atoms with Gasteiger partial charge in [0.15, 0.2) is 0 Å². The normalized spacial score (nSPS) is 11.7. The Morgan fingerprint density at radius 3 is 0.949 bits per heavy atom. The Kier molecular flexibility index (Phi) is 7.61. The smallest absolute Gasteiger partial charge is 0.0540 e. The van der Waals surface area contributed by atoms with E-state index in [2.05, 4.69) is 229 Å². The van der Waals surface area contributed by atoms with Crippen LogP contribution in [0.3, 0.4) is 0 Å². The van der Waals surface area contributed by atoms with Crippen LogP contribution in [0.15, 0.2) is 224 Å². The molecular formula is C58H37N. The molecule has 0 aliphatic carbocycles. The van der Waals surface area contributed by atoms with E-state index in [0.29, 0.717) is 0 Å². The molecule has 0 N–H and O–H groups in total. The first kappa shape index (κ1) is 33.4. The first-order valence-corrected chi connectivity index (χ1v) is 20.4. The van der Waals surface area contributed by atoms with Gasteiger partial charge in [-0.25, -0.2) is 0 Å². The van der Waals surface area contributed by atoms with Crippen LogP contribution in [0.1, 0.15) is 0 Å². The van der Waals surface area contributed by atoms with Crippen LogP contribution in [-0.2, 0) is 0 Å². The summed E-state index contributed by atoms with van der Waals surface area (Å²) in [4.78, 5) is 2.41. The Morgan fingerprint density at radius 1 is 0.220 bits per heavy atom. The highest BCUT2D eigenvalue weighted by atomic mass is 15.1. The van der Waals surface area contributed by atoms with Gasteiger partial charge >= 0.3 is 0 Å². The third-order valence-electron chi connectivity index (χ3n) is 12.4. The fourth-order valence-corrected chi connectivity index (χ4v) is 9.80. The molecule has 0 saturated carbocycles. The van der Waals surface area contributed by atoms with E-state index in [1.807, 2.05) is 0 Å². The molecule has 0 unspecified atom stereocenters. The van der Waals surface area contributed by atoms with E-state index in [1.54, 1.807) is 0 Å². The lowest BCUT2D eigenvalue weighted by molar-refractivity contribution is 1.30. The van der Waals surface area contributed by atoms with E-state index in [0.717, 1.165) is 17.1 Å². The summed E-state index contributed by atoms with van der Waals surface area (Å²) >= 11 is 0. The molecule has 0 aliphatic heterocycles. The minimum atomic E-state index is 1.11. The Morgan fingerprint density at radius 2 is 0.525 bits per heavy atom. The lowest BCUT2D eigenvalue weighted by Crippen LogP contribution is -2.10. The van der Waals surface area contributed by atoms with Crippen molar-refractivity contribution in [3.63, 3.8) is 0 Å². The second-order valence-electron chi connectivity index (χ2n) is 15.6. The standard InChI is InChI=1S/C58H37N/c1-2-16-43-38(14-1)15-11-29-56(43)59(41-34-30-39(31-35-41)44-25-12-27-54-50-19-5-3-17-46(50)48-21-7-9-23-52(48)57(44)54)42-36-32-40(33-37-42)45-26-13-28-55-51-20-6-4-18-47(51)49-22-8-10-24-53(49)58(45)55/h1-37H. The van der Waals surface area contributed by atoms with Gasteiger partial charge < -0.3 is 4.90 Å². The van der Waals surface area contributed by atoms with Crippen LogP contribution < -0.4 is 4.90 Å². The molecule has 0 fully saturated rings. The maximum absolute atomic E-state index is 2.41. The fraction of sp³-hybridized carbons (Fsp3) is 0. The Labute approximate surface area is 342 Å². The highest BCUT2D eigenvalue weighted by Gasteiger charge is 2.19. The molecule has 12 aromatic rings. The van der Waals surface area contributed by atoms with E-state index in [-0.39, 0.29) is 0 Å². The number of nitrogens with zero attached hydrogens (tertiary/aromatic N) is 1. The zero-order valence-electron chi connectivity index (χ0n) is 32.3. The molecule has 0 atom stereocenters. The van der Waals surface area contributed by atoms with Gasteiger partial charge in [-0.05, 0) is 123 Å². The molecule has 0 bridgehead atoms. The van der Waals surface area contributed by atoms with Gasteiger partial charge in [0.2, 0.25) is 0 Å². The molecule has 0 spiro atoms. The SMILES string of the molecule is c1ccc2c(N(c3ccc(-c4cccc5c6ccccc6c6ccccc6c45)cc3)c3ccc(-c4cccc5c6ccccc6c6ccccc6c45)cc3)cccc2c1. The molecule has 274 valence electrons. The first-order valence-electron chi connectivity index (χ1n) is 20.4. The number of hydrogen-bond donors (Lipinski definition) is 0. The third kappa shape index (κ3) is 5.25. The van der Waals surface area contributed by atoms with E-state index in [4.69, 9.17) is 0 Å². The predicted octanol–water partition coefficient (Wildman–Crippen LogP) is 16.6. The van der Waals surface area contributed by atoms with Crippen molar-refractivity contribution in [2.75, 3.05) is 4.90 Å². The quantitative estimate of drug-likeness (QED) is 0.159. The van der Waals surface area contributed by atoms with Gasteiger partial charge in [-0.3, -0.25) is 0 Å². The molecule has 59 heavy (non-hydrogen) atoms. The van der Waals surface area contributed by atoms with Crippen molar-refractivity contribution >= 4 is 92.5 Å². The van der Waals surface area contributed by atoms with Gasteiger partial charge in [-0.15, -0.1) is 0 Å². The summed E-state index contributed by atoms with van der Waals surface area (Å²) in [5.74, 6) is 0. The summed E-state index contributed by atoms with van der Waals surface area (Å²) in [5.41, 5.74) is 8.24. The van der Waals surface area contributed by atoms with Crippen molar-refractivity contribution in [2.24, 2.45) is 0 Å². The molecule has 1 heteroatoms. The van der Waals surface area contributed by atoms with Crippen LogP contribution in [0.2, 0.25) is 0 Å². The molecule has 12 aromatic carbocycles. The van der Waals surface area contributed by atoms with Crippen molar-refractivity contribution in [3.05, 3.63) is 224 Å². The van der Waals surface area contributed by atoms with Crippen LogP contribution in [0.25, 0.3) is 97.7 Å². The maximum atomic E-state index is 2.41.